The van der Waals surface area contributed by atoms with Gasteiger partial charge in [0.2, 0.25) is 11.8 Å². The third kappa shape index (κ3) is 6.54. The van der Waals surface area contributed by atoms with Gasteiger partial charge >= 0.3 is 5.97 Å². The first kappa shape index (κ1) is 26.4. The van der Waals surface area contributed by atoms with Crippen LogP contribution in [0.15, 0.2) is 78.0 Å². The van der Waals surface area contributed by atoms with E-state index in [-0.39, 0.29) is 37.3 Å². The summed E-state index contributed by atoms with van der Waals surface area (Å²) in [6.07, 6.45) is 4.39. The topological polar surface area (TPSA) is 70.2 Å². The van der Waals surface area contributed by atoms with Gasteiger partial charge in [0.15, 0.2) is 0 Å². The number of piperazine rings is 1. The molecule has 1 unspecified atom stereocenters. The van der Waals surface area contributed by atoms with Crippen molar-refractivity contribution >= 4 is 23.9 Å². The molecule has 37 heavy (non-hydrogen) atoms. The molecule has 4 rings (SSSR count). The fourth-order valence-corrected chi connectivity index (χ4v) is 4.96. The van der Waals surface area contributed by atoms with Crippen LogP contribution in [0.25, 0.3) is 6.08 Å². The zero-order valence-electron chi connectivity index (χ0n) is 21.6. The van der Waals surface area contributed by atoms with Crippen molar-refractivity contribution in [3.05, 3.63) is 89.1 Å². The van der Waals surface area contributed by atoms with Crippen LogP contribution in [-0.2, 0) is 19.1 Å². The predicted octanol–water partition coefficient (Wildman–Crippen LogP) is 3.70. The van der Waals surface area contributed by atoms with Crippen LogP contribution >= 0.6 is 0 Å². The van der Waals surface area contributed by atoms with E-state index in [1.807, 2.05) is 53.4 Å². The summed E-state index contributed by atoms with van der Waals surface area (Å²) in [7, 11) is 0. The average Bonchev–Trinajstić information content (AvgIpc) is 2.92. The van der Waals surface area contributed by atoms with E-state index in [2.05, 4.69) is 29.2 Å². The number of hydrogen-bond acceptors (Lipinski definition) is 5. The maximum Gasteiger partial charge on any atom is 0.336 e. The van der Waals surface area contributed by atoms with Gasteiger partial charge in [-0.05, 0) is 25.0 Å². The standard InChI is InChI=1S/C30H35N3O4/c1-3-37-30(36)29-23(2)33(27(34)21-26(29)25-14-8-5-9-15-25)22-28(35)32-19-17-31(18-20-32)16-10-13-24-11-6-4-7-12-24/h4-15,26H,3,16-22H2,1-2H3. The van der Waals surface area contributed by atoms with E-state index >= 15 is 0 Å². The minimum Gasteiger partial charge on any atom is -0.463 e. The molecule has 0 N–H and O–H groups in total. The summed E-state index contributed by atoms with van der Waals surface area (Å²) in [5, 5.41) is 0. The second-order valence-electron chi connectivity index (χ2n) is 9.36. The van der Waals surface area contributed by atoms with Crippen molar-refractivity contribution in [2.75, 3.05) is 45.9 Å². The zero-order chi connectivity index (χ0) is 26.2. The molecule has 0 aromatic heterocycles. The van der Waals surface area contributed by atoms with Gasteiger partial charge in [-0.3, -0.25) is 14.5 Å². The monoisotopic (exact) mass is 501 g/mol. The SMILES string of the molecule is CCOC(=O)C1=C(C)N(CC(=O)N2CCN(CC=Cc3ccccc3)CC2)C(=O)CC1c1ccccc1. The Morgan fingerprint density at radius 3 is 2.27 bits per heavy atom. The molecule has 2 amide bonds. The molecule has 1 atom stereocenters. The normalized spacial score (nSPS) is 19.0. The number of carbonyl (C=O) groups is 3. The van der Waals surface area contributed by atoms with Crippen LogP contribution in [0.4, 0.5) is 0 Å². The molecule has 2 aliphatic rings. The Labute approximate surface area is 219 Å². The second-order valence-corrected chi connectivity index (χ2v) is 9.36. The minimum absolute atomic E-state index is 0.0665. The highest BCUT2D eigenvalue weighted by Crippen LogP contribution is 2.37. The third-order valence-corrected chi connectivity index (χ3v) is 7.01. The number of ether oxygens (including phenoxy) is 1. The van der Waals surface area contributed by atoms with Crippen molar-refractivity contribution in [3.63, 3.8) is 0 Å². The van der Waals surface area contributed by atoms with Crippen LogP contribution in [0.3, 0.4) is 0 Å². The molecule has 0 radical (unpaired) electrons. The molecule has 1 fully saturated rings. The van der Waals surface area contributed by atoms with E-state index in [4.69, 9.17) is 4.74 Å². The van der Waals surface area contributed by atoms with Gasteiger partial charge in [-0.1, -0.05) is 72.8 Å². The van der Waals surface area contributed by atoms with Gasteiger partial charge in [0.25, 0.3) is 0 Å². The first-order valence-corrected chi connectivity index (χ1v) is 12.9. The zero-order valence-corrected chi connectivity index (χ0v) is 21.6. The molecule has 7 heteroatoms. The maximum atomic E-state index is 13.2. The van der Waals surface area contributed by atoms with Crippen LogP contribution in [0.1, 0.15) is 37.3 Å². The first-order valence-electron chi connectivity index (χ1n) is 12.9. The molecular formula is C30H35N3O4. The van der Waals surface area contributed by atoms with Crippen LogP contribution in [0, 0.1) is 0 Å². The van der Waals surface area contributed by atoms with E-state index < -0.39 is 5.97 Å². The summed E-state index contributed by atoms with van der Waals surface area (Å²) >= 11 is 0. The van der Waals surface area contributed by atoms with E-state index in [0.717, 1.165) is 25.2 Å². The quantitative estimate of drug-likeness (QED) is 0.516. The Balaban J connectivity index is 1.39. The average molecular weight is 502 g/mol. The Morgan fingerprint density at radius 1 is 0.973 bits per heavy atom. The summed E-state index contributed by atoms with van der Waals surface area (Å²) in [5.74, 6) is -1.08. The molecule has 0 aliphatic carbocycles. The molecule has 194 valence electrons. The van der Waals surface area contributed by atoms with Crippen molar-refractivity contribution in [3.8, 4) is 0 Å². The largest absolute Gasteiger partial charge is 0.463 e. The number of amides is 2. The third-order valence-electron chi connectivity index (χ3n) is 7.01. The lowest BCUT2D eigenvalue weighted by molar-refractivity contribution is -0.143. The fraction of sp³-hybridized carbons (Fsp3) is 0.367. The van der Waals surface area contributed by atoms with Gasteiger partial charge in [0.1, 0.15) is 6.54 Å². The van der Waals surface area contributed by atoms with E-state index in [9.17, 15) is 14.4 Å². The molecular weight excluding hydrogens is 466 g/mol. The van der Waals surface area contributed by atoms with Crippen molar-refractivity contribution in [1.29, 1.82) is 0 Å². The van der Waals surface area contributed by atoms with Crippen molar-refractivity contribution in [1.82, 2.24) is 14.7 Å². The highest BCUT2D eigenvalue weighted by Gasteiger charge is 2.38. The van der Waals surface area contributed by atoms with Crippen LogP contribution in [0.2, 0.25) is 0 Å². The van der Waals surface area contributed by atoms with Crippen molar-refractivity contribution in [2.24, 2.45) is 0 Å². The molecule has 0 bridgehead atoms. The molecule has 2 aromatic rings. The summed E-state index contributed by atoms with van der Waals surface area (Å²) in [4.78, 5) is 44.9. The summed E-state index contributed by atoms with van der Waals surface area (Å²) in [6, 6.07) is 19.7. The summed E-state index contributed by atoms with van der Waals surface area (Å²) in [5.41, 5.74) is 3.02. The number of rotatable bonds is 8. The number of carbonyl (C=O) groups excluding carboxylic acids is 3. The summed E-state index contributed by atoms with van der Waals surface area (Å²) in [6.45, 7) is 7.28. The van der Waals surface area contributed by atoms with Gasteiger partial charge < -0.3 is 14.5 Å². The lowest BCUT2D eigenvalue weighted by Crippen LogP contribution is -2.52. The molecule has 2 aliphatic heterocycles. The van der Waals surface area contributed by atoms with Crippen molar-refractivity contribution < 1.29 is 19.1 Å². The molecule has 2 heterocycles. The predicted molar refractivity (Wildman–Crippen MR) is 143 cm³/mol. The number of nitrogens with zero attached hydrogens (tertiary/aromatic N) is 3. The molecule has 7 nitrogen and oxygen atoms in total. The van der Waals surface area contributed by atoms with Gasteiger partial charge in [-0.25, -0.2) is 4.79 Å². The number of hydrogen-bond donors (Lipinski definition) is 0. The van der Waals surface area contributed by atoms with Gasteiger partial charge in [-0.15, -0.1) is 0 Å². The maximum absolute atomic E-state index is 13.2. The second kappa shape index (κ2) is 12.5. The smallest absolute Gasteiger partial charge is 0.336 e. The van der Waals surface area contributed by atoms with Crippen LogP contribution < -0.4 is 0 Å². The highest BCUT2D eigenvalue weighted by molar-refractivity contribution is 5.97. The van der Waals surface area contributed by atoms with E-state index in [1.54, 1.807) is 13.8 Å². The Kier molecular flexibility index (Phi) is 8.90. The minimum atomic E-state index is -0.434. The Hall–Kier alpha value is -3.71. The molecule has 0 saturated carbocycles. The van der Waals surface area contributed by atoms with E-state index in [0.29, 0.717) is 24.4 Å². The number of benzene rings is 2. The van der Waals surface area contributed by atoms with E-state index in [1.165, 1.54) is 10.5 Å². The lowest BCUT2D eigenvalue weighted by Gasteiger charge is -2.37. The van der Waals surface area contributed by atoms with Gasteiger partial charge in [0, 0.05) is 50.8 Å². The van der Waals surface area contributed by atoms with Crippen LogP contribution in [0.5, 0.6) is 0 Å². The van der Waals surface area contributed by atoms with Gasteiger partial charge in [0.05, 0.1) is 12.2 Å². The van der Waals surface area contributed by atoms with Crippen LogP contribution in [-0.4, -0.2) is 78.4 Å². The molecule has 0 spiro atoms. The highest BCUT2D eigenvalue weighted by atomic mass is 16.5. The Morgan fingerprint density at radius 2 is 1.62 bits per heavy atom. The van der Waals surface area contributed by atoms with Crippen molar-refractivity contribution in [2.45, 2.75) is 26.2 Å². The summed E-state index contributed by atoms with van der Waals surface area (Å²) < 4.78 is 5.34. The lowest BCUT2D eigenvalue weighted by atomic mass is 9.83. The molecule has 2 aromatic carbocycles. The first-order chi connectivity index (χ1) is 18.0. The molecule has 1 saturated heterocycles. The van der Waals surface area contributed by atoms with Gasteiger partial charge in [-0.2, -0.15) is 0 Å². The Bertz CT molecular complexity index is 1150. The number of allylic oxidation sites excluding steroid dienone is 1. The number of esters is 1. The fourth-order valence-electron chi connectivity index (χ4n) is 4.96.